The molecule has 0 aliphatic rings. The Morgan fingerprint density at radius 1 is 0.885 bits per heavy atom. The molecule has 0 saturated heterocycles. The molecule has 3 aromatic carbocycles. The highest BCUT2D eigenvalue weighted by molar-refractivity contribution is 5.76. The molecule has 3 heteroatoms. The molecule has 1 heterocycles. The van der Waals surface area contributed by atoms with Gasteiger partial charge in [-0.2, -0.15) is 0 Å². The van der Waals surface area contributed by atoms with Crippen LogP contribution in [0.5, 0.6) is 5.75 Å². The van der Waals surface area contributed by atoms with Crippen molar-refractivity contribution >= 4 is 11.0 Å². The average Bonchev–Trinajstić information content (AvgIpc) is 3.03. The van der Waals surface area contributed by atoms with Crippen molar-refractivity contribution in [1.82, 2.24) is 9.55 Å². The molecule has 0 fully saturated rings. The van der Waals surface area contributed by atoms with Gasteiger partial charge < -0.3 is 9.30 Å². The number of ether oxygens (including phenoxy) is 1. The normalized spacial score (nSPS) is 12.2. The molecule has 1 unspecified atom stereocenters. The van der Waals surface area contributed by atoms with E-state index in [0.717, 1.165) is 29.2 Å². The highest BCUT2D eigenvalue weighted by Gasteiger charge is 2.18. The van der Waals surface area contributed by atoms with Crippen LogP contribution in [0.2, 0.25) is 0 Å². The van der Waals surface area contributed by atoms with Crippen LogP contribution in [0.3, 0.4) is 0 Å². The van der Waals surface area contributed by atoms with Crippen LogP contribution in [0.15, 0.2) is 78.9 Å². The van der Waals surface area contributed by atoms with Gasteiger partial charge in [-0.15, -0.1) is 0 Å². The molecule has 130 valence electrons. The Hall–Kier alpha value is -3.07. The Kier molecular flexibility index (Phi) is 4.44. The van der Waals surface area contributed by atoms with E-state index in [-0.39, 0.29) is 6.10 Å². The van der Waals surface area contributed by atoms with Crippen molar-refractivity contribution in [2.24, 2.45) is 0 Å². The molecule has 4 aromatic rings. The first kappa shape index (κ1) is 16.4. The quantitative estimate of drug-likeness (QED) is 0.476. The molecular formula is C23H22N2O. The summed E-state index contributed by atoms with van der Waals surface area (Å²) in [6.45, 7) is 4.94. The lowest BCUT2D eigenvalue weighted by molar-refractivity contribution is 0.212. The molecule has 0 saturated carbocycles. The largest absolute Gasteiger partial charge is 0.483 e. The molecule has 0 bridgehead atoms. The van der Waals surface area contributed by atoms with E-state index in [2.05, 4.69) is 60.9 Å². The van der Waals surface area contributed by atoms with Crippen molar-refractivity contribution in [3.05, 3.63) is 95.8 Å². The van der Waals surface area contributed by atoms with Gasteiger partial charge in [0.25, 0.3) is 0 Å². The summed E-state index contributed by atoms with van der Waals surface area (Å²) in [6.07, 6.45) is -0.143. The minimum atomic E-state index is -0.143. The Morgan fingerprint density at radius 3 is 2.35 bits per heavy atom. The molecule has 0 aliphatic carbocycles. The van der Waals surface area contributed by atoms with Crippen molar-refractivity contribution in [3.63, 3.8) is 0 Å². The second-order valence-electron chi connectivity index (χ2n) is 6.60. The Balaban J connectivity index is 1.72. The van der Waals surface area contributed by atoms with E-state index in [1.807, 2.05) is 36.4 Å². The van der Waals surface area contributed by atoms with Crippen LogP contribution in [-0.4, -0.2) is 9.55 Å². The third-order valence-electron chi connectivity index (χ3n) is 4.57. The van der Waals surface area contributed by atoms with E-state index in [1.165, 1.54) is 11.1 Å². The smallest absolute Gasteiger partial charge is 0.153 e. The first-order valence-electron chi connectivity index (χ1n) is 8.93. The van der Waals surface area contributed by atoms with Crippen LogP contribution in [0.1, 0.15) is 30.0 Å². The lowest BCUT2D eigenvalue weighted by Crippen LogP contribution is -2.12. The SMILES string of the molecule is Cc1ccc(Cn2c(C(C)Oc3ccccc3)nc3ccccc32)cc1. The molecule has 1 aromatic heterocycles. The van der Waals surface area contributed by atoms with Gasteiger partial charge in [0.05, 0.1) is 11.0 Å². The third-order valence-corrected chi connectivity index (χ3v) is 4.57. The summed E-state index contributed by atoms with van der Waals surface area (Å²) in [6, 6.07) is 26.8. The molecule has 4 rings (SSSR count). The molecule has 0 spiro atoms. The molecule has 26 heavy (non-hydrogen) atoms. The Bertz CT molecular complexity index is 1000. The fourth-order valence-electron chi connectivity index (χ4n) is 3.20. The van der Waals surface area contributed by atoms with Crippen LogP contribution >= 0.6 is 0 Å². The van der Waals surface area contributed by atoms with Crippen LogP contribution in [0.25, 0.3) is 11.0 Å². The van der Waals surface area contributed by atoms with Gasteiger partial charge in [-0.1, -0.05) is 60.2 Å². The van der Waals surface area contributed by atoms with E-state index in [4.69, 9.17) is 9.72 Å². The number of para-hydroxylation sites is 3. The molecular weight excluding hydrogens is 320 g/mol. The van der Waals surface area contributed by atoms with Crippen LogP contribution in [0.4, 0.5) is 0 Å². The predicted octanol–water partition coefficient (Wildman–Crippen LogP) is 5.53. The van der Waals surface area contributed by atoms with Crippen molar-refractivity contribution in [1.29, 1.82) is 0 Å². The number of imidazole rings is 1. The van der Waals surface area contributed by atoms with Gasteiger partial charge in [-0.05, 0) is 43.7 Å². The summed E-state index contributed by atoms with van der Waals surface area (Å²) in [5.74, 6) is 1.80. The molecule has 3 nitrogen and oxygen atoms in total. The zero-order valence-corrected chi connectivity index (χ0v) is 15.1. The van der Waals surface area contributed by atoms with Gasteiger partial charge in [-0.3, -0.25) is 0 Å². The fraction of sp³-hybridized carbons (Fsp3) is 0.174. The van der Waals surface area contributed by atoms with E-state index in [9.17, 15) is 0 Å². The van der Waals surface area contributed by atoms with Gasteiger partial charge in [0.1, 0.15) is 5.75 Å². The Labute approximate surface area is 153 Å². The second kappa shape index (κ2) is 7.04. The zero-order valence-electron chi connectivity index (χ0n) is 15.1. The van der Waals surface area contributed by atoms with Crippen LogP contribution in [-0.2, 0) is 6.54 Å². The minimum Gasteiger partial charge on any atom is -0.483 e. The van der Waals surface area contributed by atoms with Crippen molar-refractivity contribution in [2.75, 3.05) is 0 Å². The highest BCUT2D eigenvalue weighted by atomic mass is 16.5. The molecule has 0 radical (unpaired) electrons. The zero-order chi connectivity index (χ0) is 17.9. The summed E-state index contributed by atoms with van der Waals surface area (Å²) < 4.78 is 8.40. The number of hydrogen-bond donors (Lipinski definition) is 0. The highest BCUT2D eigenvalue weighted by Crippen LogP contribution is 2.26. The first-order valence-corrected chi connectivity index (χ1v) is 8.93. The van der Waals surface area contributed by atoms with Gasteiger partial charge in [-0.25, -0.2) is 4.98 Å². The predicted molar refractivity (Wildman–Crippen MR) is 105 cm³/mol. The summed E-state index contributed by atoms with van der Waals surface area (Å²) in [5, 5.41) is 0. The standard InChI is InChI=1S/C23H22N2O/c1-17-12-14-19(15-13-17)16-25-22-11-7-6-10-21(22)24-23(25)18(2)26-20-8-4-3-5-9-20/h3-15,18H,16H2,1-2H3. The minimum absolute atomic E-state index is 0.143. The van der Waals surface area contributed by atoms with Crippen molar-refractivity contribution < 1.29 is 4.74 Å². The first-order chi connectivity index (χ1) is 12.7. The van der Waals surface area contributed by atoms with Crippen LogP contribution < -0.4 is 4.74 Å². The molecule has 0 aliphatic heterocycles. The van der Waals surface area contributed by atoms with E-state index in [1.54, 1.807) is 0 Å². The third kappa shape index (κ3) is 3.33. The number of nitrogens with zero attached hydrogens (tertiary/aromatic N) is 2. The number of fused-ring (bicyclic) bond motifs is 1. The van der Waals surface area contributed by atoms with E-state index in [0.29, 0.717) is 0 Å². The molecule has 0 amide bonds. The maximum atomic E-state index is 6.14. The van der Waals surface area contributed by atoms with Gasteiger partial charge >= 0.3 is 0 Å². The molecule has 0 N–H and O–H groups in total. The summed E-state index contributed by atoms with van der Waals surface area (Å²) in [7, 11) is 0. The average molecular weight is 342 g/mol. The maximum Gasteiger partial charge on any atom is 0.153 e. The van der Waals surface area contributed by atoms with Gasteiger partial charge in [0, 0.05) is 6.54 Å². The monoisotopic (exact) mass is 342 g/mol. The number of aromatic nitrogens is 2. The van der Waals surface area contributed by atoms with E-state index >= 15 is 0 Å². The van der Waals surface area contributed by atoms with Gasteiger partial charge in [0.15, 0.2) is 11.9 Å². The lowest BCUT2D eigenvalue weighted by atomic mass is 10.1. The number of rotatable bonds is 5. The number of aryl methyl sites for hydroxylation is 1. The second-order valence-corrected chi connectivity index (χ2v) is 6.60. The van der Waals surface area contributed by atoms with Crippen LogP contribution in [0, 0.1) is 6.92 Å². The number of hydrogen-bond acceptors (Lipinski definition) is 2. The lowest BCUT2D eigenvalue weighted by Gasteiger charge is -2.17. The number of benzene rings is 3. The van der Waals surface area contributed by atoms with E-state index < -0.39 is 0 Å². The summed E-state index contributed by atoms with van der Waals surface area (Å²) in [4.78, 5) is 4.86. The summed E-state index contributed by atoms with van der Waals surface area (Å²) >= 11 is 0. The fourth-order valence-corrected chi connectivity index (χ4v) is 3.20. The topological polar surface area (TPSA) is 27.1 Å². The molecule has 1 atom stereocenters. The maximum absolute atomic E-state index is 6.14. The van der Waals surface area contributed by atoms with Crippen molar-refractivity contribution in [3.8, 4) is 5.75 Å². The van der Waals surface area contributed by atoms with Crippen molar-refractivity contribution in [2.45, 2.75) is 26.5 Å². The Morgan fingerprint density at radius 2 is 1.58 bits per heavy atom. The summed E-state index contributed by atoms with van der Waals surface area (Å²) in [5.41, 5.74) is 4.65. The van der Waals surface area contributed by atoms with Gasteiger partial charge in [0.2, 0.25) is 0 Å².